The summed E-state index contributed by atoms with van der Waals surface area (Å²) in [5, 5.41) is 14.4. The van der Waals surface area contributed by atoms with Gasteiger partial charge in [-0.15, -0.1) is 0 Å². The van der Waals surface area contributed by atoms with Crippen LogP contribution in [0.25, 0.3) is 0 Å². The van der Waals surface area contributed by atoms with E-state index >= 15 is 0 Å². The zero-order chi connectivity index (χ0) is 18.4. The number of aryl methyl sites for hydroxylation is 2. The number of phenols is 1. The van der Waals surface area contributed by atoms with Crippen molar-refractivity contribution in [3.8, 4) is 5.75 Å². The largest absolute Gasteiger partial charge is 0.507 e. The van der Waals surface area contributed by atoms with Crippen molar-refractivity contribution in [2.75, 3.05) is 0 Å². The first-order valence-electron chi connectivity index (χ1n) is 8.38. The summed E-state index contributed by atoms with van der Waals surface area (Å²) >= 11 is 0. The Balaban J connectivity index is 1.81. The quantitative estimate of drug-likeness (QED) is 0.521. The first kappa shape index (κ1) is 17.5. The molecule has 0 aliphatic rings. The highest BCUT2D eigenvalue weighted by molar-refractivity contribution is 6.04. The molecule has 26 heavy (non-hydrogen) atoms. The number of hydrogen-bond donors (Lipinski definition) is 2. The van der Waals surface area contributed by atoms with Gasteiger partial charge in [0.05, 0.1) is 17.5 Å². The molecule has 2 N–H and O–H groups in total. The summed E-state index contributed by atoms with van der Waals surface area (Å²) in [7, 11) is 0. The van der Waals surface area contributed by atoms with Crippen molar-refractivity contribution >= 4 is 11.6 Å². The van der Waals surface area contributed by atoms with Crippen molar-refractivity contribution in [2.24, 2.45) is 5.10 Å². The fraction of sp³-hybridized carbons (Fsp3) is 0.143. The number of phenolic OH excluding ortho intramolecular Hbond substituents is 1. The average molecular weight is 348 g/mol. The van der Waals surface area contributed by atoms with E-state index in [0.717, 1.165) is 12.0 Å². The Morgan fingerprint density at radius 3 is 2.46 bits per heavy atom. The Bertz CT molecular complexity index is 914. The molecular weight excluding hydrogens is 328 g/mol. The zero-order valence-electron chi connectivity index (χ0n) is 14.5. The van der Waals surface area contributed by atoms with Crippen LogP contribution in [-0.4, -0.2) is 16.7 Å². The van der Waals surface area contributed by atoms with E-state index in [1.165, 1.54) is 6.26 Å². The van der Waals surface area contributed by atoms with E-state index in [1.807, 2.05) is 36.4 Å². The van der Waals surface area contributed by atoms with Crippen molar-refractivity contribution in [1.82, 2.24) is 5.43 Å². The Labute approximate surface area is 152 Å². The van der Waals surface area contributed by atoms with Crippen LogP contribution >= 0.6 is 0 Å². The molecule has 5 nitrogen and oxygen atoms in total. The normalized spacial score (nSPS) is 11.3. The van der Waals surface area contributed by atoms with Crippen molar-refractivity contribution in [1.29, 1.82) is 0 Å². The smallest absolute Gasteiger partial charge is 0.274 e. The highest BCUT2D eigenvalue weighted by Crippen LogP contribution is 2.19. The number of nitrogens with zero attached hydrogens (tertiary/aromatic N) is 1. The highest BCUT2D eigenvalue weighted by Gasteiger charge is 2.13. The molecule has 0 radical (unpaired) electrons. The van der Waals surface area contributed by atoms with Crippen LogP contribution in [0.3, 0.4) is 0 Å². The number of furan rings is 1. The van der Waals surface area contributed by atoms with E-state index in [0.29, 0.717) is 29.0 Å². The number of benzene rings is 2. The number of rotatable bonds is 6. The van der Waals surface area contributed by atoms with Gasteiger partial charge in [0, 0.05) is 5.56 Å². The number of carbonyl (C=O) groups is 1. The minimum absolute atomic E-state index is 0.132. The molecule has 132 valence electrons. The summed E-state index contributed by atoms with van der Waals surface area (Å²) in [4.78, 5) is 12.3. The number of para-hydroxylation sites is 1. The molecule has 2 aromatic carbocycles. The van der Waals surface area contributed by atoms with Gasteiger partial charge in [0.2, 0.25) is 0 Å². The van der Waals surface area contributed by atoms with E-state index < -0.39 is 0 Å². The Kier molecular flexibility index (Phi) is 5.49. The second-order valence-electron chi connectivity index (χ2n) is 5.89. The minimum atomic E-state index is -0.344. The van der Waals surface area contributed by atoms with Crippen LogP contribution in [-0.2, 0) is 6.42 Å². The molecule has 1 aromatic heterocycles. The van der Waals surface area contributed by atoms with Gasteiger partial charge in [-0.3, -0.25) is 4.79 Å². The molecule has 0 spiro atoms. The molecule has 0 aliphatic carbocycles. The summed E-state index contributed by atoms with van der Waals surface area (Å²) in [5.41, 5.74) is 5.38. The van der Waals surface area contributed by atoms with Gasteiger partial charge in [0.15, 0.2) is 0 Å². The van der Waals surface area contributed by atoms with Crippen molar-refractivity contribution in [2.45, 2.75) is 19.8 Å². The number of hydrogen-bond acceptors (Lipinski definition) is 4. The number of carbonyl (C=O) groups excluding carboxylic acids is 1. The predicted octanol–water partition coefficient (Wildman–Crippen LogP) is 4.06. The zero-order valence-corrected chi connectivity index (χ0v) is 14.5. The van der Waals surface area contributed by atoms with Crippen molar-refractivity contribution in [3.63, 3.8) is 0 Å². The maximum atomic E-state index is 12.3. The Morgan fingerprint density at radius 2 is 1.77 bits per heavy atom. The standard InChI is InChI=1S/C21H20N2O3/c1-15-17(13-14-26-15)21(25)23-22-19(18-9-5-6-10-20(18)24)12-11-16-7-3-2-4-8-16/h2-10,13-14,24H,11-12H2,1H3,(H,23,25)/b22-19+. The number of amides is 1. The number of nitrogens with one attached hydrogen (secondary N) is 1. The highest BCUT2D eigenvalue weighted by atomic mass is 16.3. The summed E-state index contributed by atoms with van der Waals surface area (Å²) in [5.74, 6) is 0.322. The topological polar surface area (TPSA) is 74.8 Å². The maximum Gasteiger partial charge on any atom is 0.274 e. The van der Waals surface area contributed by atoms with Crippen LogP contribution in [0.4, 0.5) is 0 Å². The van der Waals surface area contributed by atoms with Gasteiger partial charge in [-0.2, -0.15) is 5.10 Å². The van der Waals surface area contributed by atoms with Gasteiger partial charge in [0.25, 0.3) is 5.91 Å². The summed E-state index contributed by atoms with van der Waals surface area (Å²) < 4.78 is 5.15. The molecule has 3 rings (SSSR count). The molecule has 0 fully saturated rings. The van der Waals surface area contributed by atoms with Gasteiger partial charge in [-0.05, 0) is 43.5 Å². The fourth-order valence-corrected chi connectivity index (χ4v) is 2.67. The SMILES string of the molecule is Cc1occc1C(=O)N/N=C(\CCc1ccccc1)c1ccccc1O. The summed E-state index contributed by atoms with van der Waals surface area (Å²) in [6, 6.07) is 18.6. The lowest BCUT2D eigenvalue weighted by Gasteiger charge is -2.09. The van der Waals surface area contributed by atoms with E-state index in [1.54, 1.807) is 31.2 Å². The van der Waals surface area contributed by atoms with E-state index in [-0.39, 0.29) is 11.7 Å². The van der Waals surface area contributed by atoms with Gasteiger partial charge in [-0.1, -0.05) is 42.5 Å². The molecule has 0 bridgehead atoms. The summed E-state index contributed by atoms with van der Waals surface area (Å²) in [6.45, 7) is 1.72. The third-order valence-electron chi connectivity index (χ3n) is 4.10. The molecule has 0 unspecified atom stereocenters. The maximum absolute atomic E-state index is 12.3. The van der Waals surface area contributed by atoms with Crippen LogP contribution in [0.1, 0.15) is 33.7 Å². The predicted molar refractivity (Wildman–Crippen MR) is 100 cm³/mol. The Morgan fingerprint density at radius 1 is 1.04 bits per heavy atom. The molecule has 1 amide bonds. The number of aromatic hydroxyl groups is 1. The van der Waals surface area contributed by atoms with Crippen LogP contribution in [0, 0.1) is 6.92 Å². The molecule has 3 aromatic rings. The van der Waals surface area contributed by atoms with Crippen LogP contribution in [0.2, 0.25) is 0 Å². The van der Waals surface area contributed by atoms with Gasteiger partial charge in [-0.25, -0.2) is 5.43 Å². The second-order valence-corrected chi connectivity index (χ2v) is 5.89. The number of hydrazone groups is 1. The first-order valence-corrected chi connectivity index (χ1v) is 8.38. The minimum Gasteiger partial charge on any atom is -0.507 e. The average Bonchev–Trinajstić information content (AvgIpc) is 3.09. The van der Waals surface area contributed by atoms with Crippen molar-refractivity contribution < 1.29 is 14.3 Å². The monoisotopic (exact) mass is 348 g/mol. The molecule has 0 atom stereocenters. The van der Waals surface area contributed by atoms with E-state index in [2.05, 4.69) is 10.5 Å². The lowest BCUT2D eigenvalue weighted by Crippen LogP contribution is -2.20. The third kappa shape index (κ3) is 4.19. The third-order valence-corrected chi connectivity index (χ3v) is 4.10. The van der Waals surface area contributed by atoms with Gasteiger partial charge < -0.3 is 9.52 Å². The molecule has 0 aliphatic heterocycles. The van der Waals surface area contributed by atoms with Crippen LogP contribution < -0.4 is 5.43 Å². The summed E-state index contributed by atoms with van der Waals surface area (Å²) in [6.07, 6.45) is 2.79. The van der Waals surface area contributed by atoms with Crippen molar-refractivity contribution in [3.05, 3.63) is 89.4 Å². The van der Waals surface area contributed by atoms with Crippen LogP contribution in [0.15, 0.2) is 76.4 Å². The van der Waals surface area contributed by atoms with Crippen LogP contribution in [0.5, 0.6) is 5.75 Å². The van der Waals surface area contributed by atoms with E-state index in [4.69, 9.17) is 4.42 Å². The Hall–Kier alpha value is -3.34. The molecular formula is C21H20N2O3. The van der Waals surface area contributed by atoms with Gasteiger partial charge in [0.1, 0.15) is 11.5 Å². The fourth-order valence-electron chi connectivity index (χ4n) is 2.67. The lowest BCUT2D eigenvalue weighted by atomic mass is 10.0. The second kappa shape index (κ2) is 8.16. The molecule has 1 heterocycles. The molecule has 0 saturated heterocycles. The first-order chi connectivity index (χ1) is 12.6. The van der Waals surface area contributed by atoms with E-state index in [9.17, 15) is 9.90 Å². The van der Waals surface area contributed by atoms with Gasteiger partial charge >= 0.3 is 0 Å². The lowest BCUT2D eigenvalue weighted by molar-refractivity contribution is 0.0953. The molecule has 0 saturated carbocycles. The molecule has 5 heteroatoms.